The molecule has 0 fully saturated rings. The van der Waals surface area contributed by atoms with E-state index in [1.165, 1.54) is 76.6 Å². The summed E-state index contributed by atoms with van der Waals surface area (Å²) in [5.74, 6) is 0. The molecule has 3 heterocycles. The van der Waals surface area contributed by atoms with Crippen LogP contribution in [0, 0.1) is 0 Å². The summed E-state index contributed by atoms with van der Waals surface area (Å²) in [6.07, 6.45) is 0. The van der Waals surface area contributed by atoms with Crippen molar-refractivity contribution in [3.63, 3.8) is 0 Å². The van der Waals surface area contributed by atoms with E-state index in [2.05, 4.69) is 197 Å². The predicted octanol–water partition coefficient (Wildman–Crippen LogP) is 12.9. The maximum Gasteiger partial charge on any atom is 0.0788 e. The van der Waals surface area contributed by atoms with E-state index in [9.17, 15) is 0 Å². The summed E-state index contributed by atoms with van der Waals surface area (Å²) in [6.45, 7) is 0. The van der Waals surface area contributed by atoms with E-state index < -0.39 is 0 Å². The normalized spacial score (nSPS) is 11.8. The highest BCUT2D eigenvalue weighted by Crippen LogP contribution is 2.42. The Hall–Kier alpha value is -6.97. The first-order valence-corrected chi connectivity index (χ1v) is 17.8. The second-order valence-corrected chi connectivity index (χ2v) is 13.5. The number of benzene rings is 8. The van der Waals surface area contributed by atoms with Crippen LogP contribution < -0.4 is 0 Å². The van der Waals surface area contributed by atoms with Gasteiger partial charge in [0.25, 0.3) is 0 Å². The molecule has 52 heavy (non-hydrogen) atoms. The number of rotatable bonds is 4. The summed E-state index contributed by atoms with van der Waals surface area (Å²) in [7, 11) is 0. The van der Waals surface area contributed by atoms with Gasteiger partial charge in [0, 0.05) is 54.6 Å². The molecule has 11 rings (SSSR count). The number of pyridine rings is 1. The third-order valence-corrected chi connectivity index (χ3v) is 10.7. The first kappa shape index (κ1) is 28.8. The van der Waals surface area contributed by atoms with Crippen molar-refractivity contribution in [1.29, 1.82) is 0 Å². The van der Waals surface area contributed by atoms with E-state index in [0.29, 0.717) is 0 Å². The van der Waals surface area contributed by atoms with Crippen LogP contribution in [0.2, 0.25) is 0 Å². The summed E-state index contributed by atoms with van der Waals surface area (Å²) in [4.78, 5) is 5.21. The monoisotopic (exact) mass is 661 g/mol. The van der Waals surface area contributed by atoms with Gasteiger partial charge in [0.1, 0.15) is 0 Å². The molecule has 3 aromatic heterocycles. The Morgan fingerprint density at radius 1 is 0.308 bits per heavy atom. The molecular weight excluding hydrogens is 631 g/mol. The van der Waals surface area contributed by atoms with Gasteiger partial charge in [-0.1, -0.05) is 127 Å². The summed E-state index contributed by atoms with van der Waals surface area (Å²) < 4.78 is 4.79. The number of hydrogen-bond donors (Lipinski definition) is 0. The number of para-hydroxylation sites is 4. The van der Waals surface area contributed by atoms with Crippen LogP contribution >= 0.6 is 0 Å². The van der Waals surface area contributed by atoms with E-state index >= 15 is 0 Å². The van der Waals surface area contributed by atoms with Gasteiger partial charge in [-0.05, 0) is 71.8 Å². The van der Waals surface area contributed by atoms with Crippen LogP contribution in [-0.2, 0) is 0 Å². The molecule has 242 valence electrons. The van der Waals surface area contributed by atoms with Crippen LogP contribution in [0.5, 0.6) is 0 Å². The fraction of sp³-hybridized carbons (Fsp3) is 0. The Labute approximate surface area is 300 Å². The summed E-state index contributed by atoms with van der Waals surface area (Å²) >= 11 is 0. The first-order valence-electron chi connectivity index (χ1n) is 17.8. The molecular formula is C49H31N3. The molecule has 3 heteroatoms. The molecule has 0 radical (unpaired) electrons. The Kier molecular flexibility index (Phi) is 6.25. The van der Waals surface area contributed by atoms with Crippen molar-refractivity contribution in [1.82, 2.24) is 14.1 Å². The molecule has 0 spiro atoms. The fourth-order valence-corrected chi connectivity index (χ4v) is 8.41. The minimum Gasteiger partial charge on any atom is -0.309 e. The average molecular weight is 662 g/mol. The highest BCUT2D eigenvalue weighted by molar-refractivity contribution is 6.29. The highest BCUT2D eigenvalue weighted by atomic mass is 15.0. The molecule has 0 bridgehead atoms. The zero-order valence-electron chi connectivity index (χ0n) is 28.2. The van der Waals surface area contributed by atoms with Crippen molar-refractivity contribution in [2.75, 3.05) is 0 Å². The van der Waals surface area contributed by atoms with Gasteiger partial charge in [0.05, 0.1) is 33.3 Å². The van der Waals surface area contributed by atoms with Crippen molar-refractivity contribution in [2.45, 2.75) is 0 Å². The predicted molar refractivity (Wildman–Crippen MR) is 219 cm³/mol. The Bertz CT molecular complexity index is 3150. The molecule has 0 unspecified atom stereocenters. The summed E-state index contributed by atoms with van der Waals surface area (Å²) in [5.41, 5.74) is 12.7. The van der Waals surface area contributed by atoms with Gasteiger partial charge in [-0.3, -0.25) is 0 Å². The van der Waals surface area contributed by atoms with Gasteiger partial charge in [-0.2, -0.15) is 0 Å². The molecule has 0 saturated heterocycles. The molecule has 3 nitrogen and oxygen atoms in total. The Morgan fingerprint density at radius 3 is 1.65 bits per heavy atom. The molecule has 0 saturated carbocycles. The second-order valence-electron chi connectivity index (χ2n) is 13.5. The van der Waals surface area contributed by atoms with E-state index in [1.807, 2.05) is 0 Å². The molecule has 0 aliphatic carbocycles. The minimum atomic E-state index is 1.01. The lowest BCUT2D eigenvalue weighted by Gasteiger charge is -2.13. The third kappa shape index (κ3) is 4.23. The second kappa shape index (κ2) is 11.3. The lowest BCUT2D eigenvalue weighted by molar-refractivity contribution is 1.18. The summed E-state index contributed by atoms with van der Waals surface area (Å²) in [6, 6.07) is 67.8. The number of hydrogen-bond acceptors (Lipinski definition) is 1. The lowest BCUT2D eigenvalue weighted by Crippen LogP contribution is -1.95. The molecule has 11 aromatic rings. The van der Waals surface area contributed by atoms with Crippen LogP contribution in [-0.4, -0.2) is 14.1 Å². The Morgan fingerprint density at radius 2 is 0.865 bits per heavy atom. The van der Waals surface area contributed by atoms with Crippen molar-refractivity contribution >= 4 is 65.3 Å². The quantitative estimate of drug-likeness (QED) is 0.172. The largest absolute Gasteiger partial charge is 0.309 e. The summed E-state index contributed by atoms with van der Waals surface area (Å²) in [5, 5.41) is 8.60. The molecule has 0 amide bonds. The number of aromatic nitrogens is 3. The van der Waals surface area contributed by atoms with Crippen molar-refractivity contribution < 1.29 is 0 Å². The fourth-order valence-electron chi connectivity index (χ4n) is 8.41. The third-order valence-electron chi connectivity index (χ3n) is 10.7. The zero-order valence-corrected chi connectivity index (χ0v) is 28.2. The molecule has 0 aliphatic heterocycles. The molecule has 8 aromatic carbocycles. The van der Waals surface area contributed by atoms with Gasteiger partial charge in [0.2, 0.25) is 0 Å². The van der Waals surface area contributed by atoms with Crippen LogP contribution in [0.1, 0.15) is 0 Å². The van der Waals surface area contributed by atoms with Gasteiger partial charge in [0.15, 0.2) is 0 Å². The van der Waals surface area contributed by atoms with Crippen LogP contribution in [0.25, 0.3) is 99.0 Å². The zero-order chi connectivity index (χ0) is 34.2. The molecule has 0 N–H and O–H groups in total. The van der Waals surface area contributed by atoms with E-state index in [0.717, 1.165) is 22.5 Å². The maximum atomic E-state index is 5.21. The van der Waals surface area contributed by atoms with Gasteiger partial charge >= 0.3 is 0 Å². The first-order chi connectivity index (χ1) is 25.8. The van der Waals surface area contributed by atoms with Crippen molar-refractivity contribution in [3.05, 3.63) is 188 Å². The number of nitrogens with zero attached hydrogens (tertiary/aromatic N) is 3. The van der Waals surface area contributed by atoms with Crippen molar-refractivity contribution in [2.24, 2.45) is 0 Å². The van der Waals surface area contributed by atoms with Crippen LogP contribution in [0.3, 0.4) is 0 Å². The van der Waals surface area contributed by atoms with E-state index in [-0.39, 0.29) is 0 Å². The SMILES string of the molecule is c1ccc(-c2nc3ccccc3c3c2ccc2c3c3ccccc3n2-c2ccc(-c3ccc4c(c3)c3ccccc3n4-c3ccccc3)cc2)cc1. The van der Waals surface area contributed by atoms with E-state index in [4.69, 9.17) is 4.98 Å². The standard InChI is InChI=1S/C49H31N3/c1-3-13-33(14-4-1)49-40-28-30-46-48(47(40)38-18-7-10-20-42(38)50-49)39-19-9-12-22-44(39)52(46)36-26-23-32(24-27-36)34-25-29-45-41(31-34)37-17-8-11-21-43(37)51(45)35-15-5-2-6-16-35/h1-31H. The maximum absolute atomic E-state index is 5.21. The molecule has 0 atom stereocenters. The Balaban J connectivity index is 1.10. The lowest BCUT2D eigenvalue weighted by atomic mass is 9.96. The minimum absolute atomic E-state index is 1.01. The van der Waals surface area contributed by atoms with Gasteiger partial charge in [-0.25, -0.2) is 4.98 Å². The van der Waals surface area contributed by atoms with Crippen molar-refractivity contribution in [3.8, 4) is 33.8 Å². The number of fused-ring (bicyclic) bond motifs is 10. The van der Waals surface area contributed by atoms with E-state index in [1.54, 1.807) is 0 Å². The smallest absolute Gasteiger partial charge is 0.0788 e. The van der Waals surface area contributed by atoms with Crippen LogP contribution in [0.15, 0.2) is 188 Å². The van der Waals surface area contributed by atoms with Gasteiger partial charge < -0.3 is 9.13 Å². The highest BCUT2D eigenvalue weighted by Gasteiger charge is 2.19. The topological polar surface area (TPSA) is 22.8 Å². The van der Waals surface area contributed by atoms with Crippen LogP contribution in [0.4, 0.5) is 0 Å². The molecule has 0 aliphatic rings. The average Bonchev–Trinajstić information content (AvgIpc) is 3.74. The van der Waals surface area contributed by atoms with Gasteiger partial charge in [-0.15, -0.1) is 0 Å².